The molecule has 1 saturated carbocycles. The molecule has 3 heterocycles. The second-order valence-corrected chi connectivity index (χ2v) is 8.32. The quantitative estimate of drug-likeness (QED) is 0.610. The fourth-order valence-electron chi connectivity index (χ4n) is 4.11. The molecule has 1 aromatic carbocycles. The second-order valence-electron chi connectivity index (χ2n) is 8.32. The summed E-state index contributed by atoms with van der Waals surface area (Å²) < 4.78 is 21.0. The summed E-state index contributed by atoms with van der Waals surface area (Å²) in [5, 5.41) is 5.23. The largest absolute Gasteiger partial charge is 0.378 e. The summed E-state index contributed by atoms with van der Waals surface area (Å²) in [5.41, 5.74) is 2.51. The number of aryl methyl sites for hydroxylation is 1. The van der Waals surface area contributed by atoms with Crippen LogP contribution in [0.3, 0.4) is 0 Å². The highest BCUT2D eigenvalue weighted by atomic mass is 19.1. The zero-order chi connectivity index (χ0) is 21.4. The predicted molar refractivity (Wildman–Crippen MR) is 115 cm³/mol. The molecule has 0 atom stereocenters. The zero-order valence-corrected chi connectivity index (χ0v) is 17.6. The molecule has 3 aromatic rings. The van der Waals surface area contributed by atoms with Gasteiger partial charge < -0.3 is 14.5 Å². The van der Waals surface area contributed by atoms with Crippen molar-refractivity contribution in [3.63, 3.8) is 0 Å². The Hall–Kier alpha value is -3.00. The molecule has 2 aromatic heterocycles. The summed E-state index contributed by atoms with van der Waals surface area (Å²) in [6.45, 7) is 5.34. The lowest BCUT2D eigenvalue weighted by Gasteiger charge is -2.31. The lowest BCUT2D eigenvalue weighted by molar-refractivity contribution is -0.133. The first kappa shape index (κ1) is 19.9. The molecule has 1 aliphatic carbocycles. The predicted octanol–water partition coefficient (Wildman–Crippen LogP) is 2.91. The van der Waals surface area contributed by atoms with E-state index in [4.69, 9.17) is 9.72 Å². The Balaban J connectivity index is 1.47. The van der Waals surface area contributed by atoms with Crippen molar-refractivity contribution < 1.29 is 13.9 Å². The normalized spacial score (nSPS) is 16.6. The lowest BCUT2D eigenvalue weighted by Crippen LogP contribution is -2.39. The highest BCUT2D eigenvalue weighted by molar-refractivity contribution is 5.82. The summed E-state index contributed by atoms with van der Waals surface area (Å²) in [6.07, 6.45) is 3.87. The van der Waals surface area contributed by atoms with E-state index in [0.29, 0.717) is 25.3 Å². The monoisotopic (exact) mass is 423 g/mol. The van der Waals surface area contributed by atoms with E-state index in [2.05, 4.69) is 10.00 Å². The third-order valence-corrected chi connectivity index (χ3v) is 5.87. The SMILES string of the molecule is Cc1ccn(CC(=O)N(Cc2cc3ccc(F)cc3nc2N2CCOCC2)C2CC2)n1. The molecule has 5 rings (SSSR count). The summed E-state index contributed by atoms with van der Waals surface area (Å²) >= 11 is 0. The Morgan fingerprint density at radius 2 is 2.03 bits per heavy atom. The number of carbonyl (C=O) groups is 1. The van der Waals surface area contributed by atoms with Gasteiger partial charge in [0, 0.05) is 48.9 Å². The van der Waals surface area contributed by atoms with Crippen LogP contribution >= 0.6 is 0 Å². The molecule has 1 saturated heterocycles. The van der Waals surface area contributed by atoms with Gasteiger partial charge in [-0.3, -0.25) is 9.48 Å². The molecule has 0 bridgehead atoms. The number of anilines is 1. The van der Waals surface area contributed by atoms with Crippen molar-refractivity contribution in [1.82, 2.24) is 19.7 Å². The lowest BCUT2D eigenvalue weighted by atomic mass is 10.1. The van der Waals surface area contributed by atoms with Crippen molar-refractivity contribution >= 4 is 22.6 Å². The Kier molecular flexibility index (Phi) is 5.31. The fourth-order valence-corrected chi connectivity index (χ4v) is 4.11. The van der Waals surface area contributed by atoms with Gasteiger partial charge in [0.15, 0.2) is 0 Å². The molecule has 2 fully saturated rings. The molecule has 0 radical (unpaired) electrons. The van der Waals surface area contributed by atoms with Crippen molar-refractivity contribution in [3.8, 4) is 0 Å². The summed E-state index contributed by atoms with van der Waals surface area (Å²) in [7, 11) is 0. The Labute approximate surface area is 180 Å². The third-order valence-electron chi connectivity index (χ3n) is 5.87. The van der Waals surface area contributed by atoms with Crippen LogP contribution in [0, 0.1) is 12.7 Å². The smallest absolute Gasteiger partial charge is 0.244 e. The van der Waals surface area contributed by atoms with Crippen molar-refractivity contribution in [2.24, 2.45) is 0 Å². The average Bonchev–Trinajstić information content (AvgIpc) is 3.53. The van der Waals surface area contributed by atoms with E-state index in [-0.39, 0.29) is 24.3 Å². The minimum Gasteiger partial charge on any atom is -0.378 e. The van der Waals surface area contributed by atoms with Gasteiger partial charge in [0.05, 0.1) is 24.4 Å². The maximum Gasteiger partial charge on any atom is 0.244 e. The Morgan fingerprint density at radius 1 is 1.23 bits per heavy atom. The van der Waals surface area contributed by atoms with Crippen molar-refractivity contribution in [2.75, 3.05) is 31.2 Å². The maximum absolute atomic E-state index is 13.8. The van der Waals surface area contributed by atoms with Gasteiger partial charge in [0.25, 0.3) is 0 Å². The molecule has 162 valence electrons. The number of ether oxygens (including phenoxy) is 1. The molecular formula is C23H26FN5O2. The minimum absolute atomic E-state index is 0.0535. The maximum atomic E-state index is 13.8. The number of hydrogen-bond donors (Lipinski definition) is 0. The van der Waals surface area contributed by atoms with Gasteiger partial charge in [-0.2, -0.15) is 5.10 Å². The summed E-state index contributed by atoms with van der Waals surface area (Å²) in [4.78, 5) is 22.1. The van der Waals surface area contributed by atoms with Crippen LogP contribution in [0.2, 0.25) is 0 Å². The van der Waals surface area contributed by atoms with E-state index < -0.39 is 0 Å². The van der Waals surface area contributed by atoms with E-state index in [1.807, 2.05) is 30.2 Å². The van der Waals surface area contributed by atoms with Crippen LogP contribution in [0.15, 0.2) is 36.5 Å². The first-order valence-electron chi connectivity index (χ1n) is 10.8. The van der Waals surface area contributed by atoms with Crippen LogP contribution < -0.4 is 4.90 Å². The number of morpholine rings is 1. The van der Waals surface area contributed by atoms with Gasteiger partial charge in [0.1, 0.15) is 18.2 Å². The topological polar surface area (TPSA) is 63.5 Å². The third kappa shape index (κ3) is 4.39. The number of pyridine rings is 1. The van der Waals surface area contributed by atoms with E-state index in [0.717, 1.165) is 48.4 Å². The van der Waals surface area contributed by atoms with Gasteiger partial charge in [-0.1, -0.05) is 0 Å². The average molecular weight is 423 g/mol. The molecular weight excluding hydrogens is 397 g/mol. The number of fused-ring (bicyclic) bond motifs is 1. The summed E-state index contributed by atoms with van der Waals surface area (Å²) in [6, 6.07) is 8.87. The highest BCUT2D eigenvalue weighted by Gasteiger charge is 2.33. The molecule has 8 heteroatoms. The van der Waals surface area contributed by atoms with Gasteiger partial charge >= 0.3 is 0 Å². The van der Waals surface area contributed by atoms with Crippen LogP contribution in [0.1, 0.15) is 24.1 Å². The summed E-state index contributed by atoms with van der Waals surface area (Å²) in [5.74, 6) is 0.567. The van der Waals surface area contributed by atoms with E-state index in [1.165, 1.54) is 12.1 Å². The van der Waals surface area contributed by atoms with E-state index in [9.17, 15) is 9.18 Å². The van der Waals surface area contributed by atoms with Crippen molar-refractivity contribution in [3.05, 3.63) is 53.6 Å². The van der Waals surface area contributed by atoms with Crippen LogP contribution in [0.5, 0.6) is 0 Å². The first-order chi connectivity index (χ1) is 15.1. The van der Waals surface area contributed by atoms with E-state index in [1.54, 1.807) is 10.7 Å². The Bertz CT molecular complexity index is 1100. The molecule has 2 aliphatic rings. The van der Waals surface area contributed by atoms with Gasteiger partial charge in [-0.25, -0.2) is 9.37 Å². The molecule has 1 aliphatic heterocycles. The van der Waals surface area contributed by atoms with Gasteiger partial charge in [-0.15, -0.1) is 0 Å². The van der Waals surface area contributed by atoms with E-state index >= 15 is 0 Å². The Morgan fingerprint density at radius 3 is 2.74 bits per heavy atom. The number of rotatable bonds is 6. The number of halogens is 1. The molecule has 1 amide bonds. The standard InChI is InChI=1S/C23H26FN5O2/c1-16-6-7-28(26-16)15-22(30)29(20-4-5-20)14-18-12-17-2-3-19(24)13-21(17)25-23(18)27-8-10-31-11-9-27/h2-3,6-7,12-13,20H,4-5,8-11,14-15H2,1H3. The van der Waals surface area contributed by atoms with Gasteiger partial charge in [-0.05, 0) is 44.0 Å². The number of nitrogens with zero attached hydrogens (tertiary/aromatic N) is 5. The minimum atomic E-state index is -0.301. The number of aromatic nitrogens is 3. The van der Waals surface area contributed by atoms with Crippen LogP contribution in [-0.4, -0.2) is 57.9 Å². The highest BCUT2D eigenvalue weighted by Crippen LogP contribution is 2.32. The molecule has 0 spiro atoms. The van der Waals surface area contributed by atoms with Crippen LogP contribution in [0.4, 0.5) is 10.2 Å². The number of carbonyl (C=O) groups excluding carboxylic acids is 1. The number of hydrogen-bond acceptors (Lipinski definition) is 5. The first-order valence-corrected chi connectivity index (χ1v) is 10.8. The molecule has 31 heavy (non-hydrogen) atoms. The van der Waals surface area contributed by atoms with Crippen molar-refractivity contribution in [1.29, 1.82) is 0 Å². The number of benzene rings is 1. The second kappa shape index (κ2) is 8.26. The fraction of sp³-hybridized carbons (Fsp3) is 0.435. The van der Waals surface area contributed by atoms with Crippen LogP contribution in [0.25, 0.3) is 10.9 Å². The molecule has 0 N–H and O–H groups in total. The zero-order valence-electron chi connectivity index (χ0n) is 17.6. The molecule has 0 unspecified atom stereocenters. The van der Waals surface area contributed by atoms with Gasteiger partial charge in [0.2, 0.25) is 5.91 Å². The molecule has 7 nitrogen and oxygen atoms in total. The van der Waals surface area contributed by atoms with Crippen LogP contribution in [-0.2, 0) is 22.6 Å². The number of amides is 1. The van der Waals surface area contributed by atoms with Crippen molar-refractivity contribution in [2.45, 2.75) is 38.9 Å².